The Kier molecular flexibility index (Phi) is 4.18. The fraction of sp³-hybridized carbons (Fsp3) is 0.308. The maximum absolute atomic E-state index is 5.64. The van der Waals surface area contributed by atoms with Crippen molar-refractivity contribution in [1.82, 2.24) is 4.98 Å². The monoisotopic (exact) mass is 251 g/mol. The number of aromatic nitrogens is 1. The van der Waals surface area contributed by atoms with Gasteiger partial charge in [-0.2, -0.15) is 0 Å². The number of nitrogens with zero attached hydrogens (tertiary/aromatic N) is 1. The summed E-state index contributed by atoms with van der Waals surface area (Å²) < 4.78 is 10.5. The number of alkyl halides is 1. The summed E-state index contributed by atoms with van der Waals surface area (Å²) in [6.07, 6.45) is 2.61. The summed E-state index contributed by atoms with van der Waals surface area (Å²) in [6.45, 7) is 0.734. The third kappa shape index (κ3) is 3.08. The van der Waals surface area contributed by atoms with Gasteiger partial charge in [0, 0.05) is 12.7 Å². The molecule has 0 saturated carbocycles. The van der Waals surface area contributed by atoms with Crippen molar-refractivity contribution in [2.75, 3.05) is 13.7 Å². The molecule has 0 spiro atoms. The molecule has 90 valence electrons. The second kappa shape index (κ2) is 5.84. The lowest BCUT2D eigenvalue weighted by atomic mass is 10.1. The van der Waals surface area contributed by atoms with Gasteiger partial charge in [0.25, 0.3) is 0 Å². The molecule has 0 saturated heterocycles. The number of benzene rings is 1. The molecule has 0 amide bonds. The number of hydrogen-bond donors (Lipinski definition) is 0. The van der Waals surface area contributed by atoms with Crippen LogP contribution in [0.2, 0.25) is 0 Å². The molecule has 0 aliphatic carbocycles. The second-order valence-corrected chi connectivity index (χ2v) is 3.96. The van der Waals surface area contributed by atoms with E-state index in [2.05, 4.69) is 17.1 Å². The maximum Gasteiger partial charge on any atom is 0.209 e. The Morgan fingerprint density at radius 1 is 1.29 bits per heavy atom. The summed E-state index contributed by atoms with van der Waals surface area (Å²) in [5.74, 6) is 1.59. The van der Waals surface area contributed by atoms with E-state index in [1.807, 2.05) is 12.1 Å². The topological polar surface area (TPSA) is 35.3 Å². The predicted molar refractivity (Wildman–Crippen MR) is 67.1 cm³/mol. The number of ether oxygens (including phenoxy) is 1. The molecule has 0 radical (unpaired) electrons. The standard InChI is InChI=1S/C13H14ClNO2/c1-16-7-6-10-2-4-11(5-3-10)12-9-15-13(8-14)17-12/h2-5,9H,6-8H2,1H3. The average Bonchev–Trinajstić information content (AvgIpc) is 2.86. The van der Waals surface area contributed by atoms with Crippen LogP contribution in [-0.4, -0.2) is 18.7 Å². The van der Waals surface area contributed by atoms with Gasteiger partial charge in [-0.25, -0.2) is 4.98 Å². The number of oxazole rings is 1. The van der Waals surface area contributed by atoms with E-state index in [1.165, 1.54) is 5.56 Å². The molecule has 17 heavy (non-hydrogen) atoms. The van der Waals surface area contributed by atoms with Crippen LogP contribution in [0.15, 0.2) is 34.9 Å². The quantitative estimate of drug-likeness (QED) is 0.765. The molecule has 0 unspecified atom stereocenters. The predicted octanol–water partition coefficient (Wildman–Crippen LogP) is 3.27. The molecule has 0 bridgehead atoms. The van der Waals surface area contributed by atoms with Crippen molar-refractivity contribution < 1.29 is 9.15 Å². The fourth-order valence-electron chi connectivity index (χ4n) is 1.56. The summed E-state index contributed by atoms with van der Waals surface area (Å²) in [5, 5.41) is 0. The lowest BCUT2D eigenvalue weighted by Gasteiger charge is -2.01. The number of halogens is 1. The highest BCUT2D eigenvalue weighted by molar-refractivity contribution is 6.16. The Labute approximate surface area is 105 Å². The number of methoxy groups -OCH3 is 1. The van der Waals surface area contributed by atoms with E-state index in [-0.39, 0.29) is 0 Å². The molecule has 0 atom stereocenters. The van der Waals surface area contributed by atoms with E-state index < -0.39 is 0 Å². The molecular formula is C13H14ClNO2. The minimum absolute atomic E-state index is 0.298. The molecule has 2 rings (SSSR count). The van der Waals surface area contributed by atoms with Gasteiger partial charge in [0.05, 0.1) is 18.7 Å². The Bertz CT molecular complexity index is 465. The van der Waals surface area contributed by atoms with Crippen molar-refractivity contribution in [3.05, 3.63) is 41.9 Å². The molecule has 0 aliphatic rings. The number of rotatable bonds is 5. The molecule has 0 fully saturated rings. The van der Waals surface area contributed by atoms with E-state index in [9.17, 15) is 0 Å². The molecule has 1 aromatic heterocycles. The van der Waals surface area contributed by atoms with Gasteiger partial charge < -0.3 is 9.15 Å². The van der Waals surface area contributed by atoms with Crippen molar-refractivity contribution >= 4 is 11.6 Å². The largest absolute Gasteiger partial charge is 0.439 e. The average molecular weight is 252 g/mol. The normalized spacial score (nSPS) is 10.7. The van der Waals surface area contributed by atoms with E-state index in [0.717, 1.165) is 24.4 Å². The summed E-state index contributed by atoms with van der Waals surface area (Å²) in [4.78, 5) is 4.06. The first-order valence-electron chi connectivity index (χ1n) is 5.42. The first-order chi connectivity index (χ1) is 8.33. The summed E-state index contributed by atoms with van der Waals surface area (Å²) in [5.41, 5.74) is 2.25. The van der Waals surface area contributed by atoms with Crippen molar-refractivity contribution in [2.45, 2.75) is 12.3 Å². The molecule has 1 heterocycles. The maximum atomic E-state index is 5.64. The van der Waals surface area contributed by atoms with Crippen LogP contribution in [0.25, 0.3) is 11.3 Å². The van der Waals surface area contributed by atoms with Gasteiger partial charge in [-0.3, -0.25) is 0 Å². The molecule has 0 N–H and O–H groups in total. The van der Waals surface area contributed by atoms with Crippen molar-refractivity contribution in [3.63, 3.8) is 0 Å². The molecular weight excluding hydrogens is 238 g/mol. The van der Waals surface area contributed by atoms with Crippen LogP contribution in [0.3, 0.4) is 0 Å². The Morgan fingerprint density at radius 2 is 2.06 bits per heavy atom. The fourth-order valence-corrected chi connectivity index (χ4v) is 1.68. The molecule has 3 nitrogen and oxygen atoms in total. The first kappa shape index (κ1) is 12.1. The zero-order valence-electron chi connectivity index (χ0n) is 9.65. The van der Waals surface area contributed by atoms with Gasteiger partial charge in [-0.15, -0.1) is 11.6 Å². The van der Waals surface area contributed by atoms with Gasteiger partial charge in [0.1, 0.15) is 0 Å². The van der Waals surface area contributed by atoms with E-state index >= 15 is 0 Å². The van der Waals surface area contributed by atoms with Crippen LogP contribution in [0.5, 0.6) is 0 Å². The van der Waals surface area contributed by atoms with Gasteiger partial charge >= 0.3 is 0 Å². The van der Waals surface area contributed by atoms with E-state index in [0.29, 0.717) is 11.8 Å². The third-order valence-corrected chi connectivity index (χ3v) is 2.73. The van der Waals surface area contributed by atoms with Crippen LogP contribution in [0.4, 0.5) is 0 Å². The van der Waals surface area contributed by atoms with Crippen LogP contribution < -0.4 is 0 Å². The smallest absolute Gasteiger partial charge is 0.209 e. The lowest BCUT2D eigenvalue weighted by Crippen LogP contribution is -1.93. The zero-order valence-corrected chi connectivity index (χ0v) is 10.4. The van der Waals surface area contributed by atoms with E-state index in [4.69, 9.17) is 20.8 Å². The minimum Gasteiger partial charge on any atom is -0.439 e. The first-order valence-corrected chi connectivity index (χ1v) is 5.96. The molecule has 4 heteroatoms. The van der Waals surface area contributed by atoms with Crippen LogP contribution >= 0.6 is 11.6 Å². The van der Waals surface area contributed by atoms with Crippen molar-refractivity contribution in [1.29, 1.82) is 0 Å². The van der Waals surface area contributed by atoms with Gasteiger partial charge in [-0.1, -0.05) is 24.3 Å². The minimum atomic E-state index is 0.298. The van der Waals surface area contributed by atoms with E-state index in [1.54, 1.807) is 13.3 Å². The van der Waals surface area contributed by atoms with Crippen LogP contribution in [-0.2, 0) is 17.0 Å². The van der Waals surface area contributed by atoms with Crippen molar-refractivity contribution in [2.24, 2.45) is 0 Å². The SMILES string of the molecule is COCCc1ccc(-c2cnc(CCl)o2)cc1. The van der Waals surface area contributed by atoms with Gasteiger partial charge in [-0.05, 0) is 12.0 Å². The highest BCUT2D eigenvalue weighted by Gasteiger charge is 2.05. The third-order valence-electron chi connectivity index (χ3n) is 2.50. The molecule has 2 aromatic rings. The molecule has 1 aromatic carbocycles. The summed E-state index contributed by atoms with van der Waals surface area (Å²) in [7, 11) is 1.70. The Hall–Kier alpha value is -1.32. The Balaban J connectivity index is 2.11. The molecule has 0 aliphatic heterocycles. The van der Waals surface area contributed by atoms with Crippen molar-refractivity contribution in [3.8, 4) is 11.3 Å². The van der Waals surface area contributed by atoms with Crippen LogP contribution in [0.1, 0.15) is 11.5 Å². The summed E-state index contributed by atoms with van der Waals surface area (Å²) >= 11 is 5.64. The lowest BCUT2D eigenvalue weighted by molar-refractivity contribution is 0.202. The van der Waals surface area contributed by atoms with Gasteiger partial charge in [0.15, 0.2) is 5.76 Å². The van der Waals surface area contributed by atoms with Gasteiger partial charge in [0.2, 0.25) is 5.89 Å². The summed E-state index contributed by atoms with van der Waals surface area (Å²) in [6, 6.07) is 8.17. The Morgan fingerprint density at radius 3 is 2.65 bits per heavy atom. The highest BCUT2D eigenvalue weighted by Crippen LogP contribution is 2.21. The zero-order chi connectivity index (χ0) is 12.1. The second-order valence-electron chi connectivity index (χ2n) is 3.69. The number of hydrogen-bond acceptors (Lipinski definition) is 3. The highest BCUT2D eigenvalue weighted by atomic mass is 35.5. The van der Waals surface area contributed by atoms with Crippen LogP contribution in [0, 0.1) is 0 Å².